The minimum atomic E-state index is -0.621. The molecule has 1 aliphatic carbocycles. The van der Waals surface area contributed by atoms with Crippen LogP contribution in [0.4, 0.5) is 0 Å². The van der Waals surface area contributed by atoms with Crippen molar-refractivity contribution in [3.63, 3.8) is 0 Å². The average molecular weight is 381 g/mol. The van der Waals surface area contributed by atoms with Gasteiger partial charge in [0.1, 0.15) is 0 Å². The molecule has 1 aromatic heterocycles. The molecule has 2 fully saturated rings. The molecule has 1 saturated carbocycles. The summed E-state index contributed by atoms with van der Waals surface area (Å²) in [6.07, 6.45) is 10.00. The number of rotatable bonds is 3. The number of fused-ring (bicyclic) bond motifs is 5. The summed E-state index contributed by atoms with van der Waals surface area (Å²) in [6, 6.07) is 5.33. The van der Waals surface area contributed by atoms with Gasteiger partial charge in [-0.2, -0.15) is 0 Å². The molecule has 3 heterocycles. The molecule has 3 aliphatic rings. The summed E-state index contributed by atoms with van der Waals surface area (Å²) >= 11 is 0. The van der Waals surface area contributed by atoms with Gasteiger partial charge in [-0.3, -0.25) is 4.90 Å². The number of nitrogens with zero attached hydrogens (tertiary/aromatic N) is 2. The molecule has 3 heteroatoms. The van der Waals surface area contributed by atoms with Gasteiger partial charge in [0.15, 0.2) is 0 Å². The molecular weight excluding hydrogens is 344 g/mol. The molecule has 1 N–H and O–H groups in total. The van der Waals surface area contributed by atoms with Crippen LogP contribution >= 0.6 is 0 Å². The molecule has 3 nitrogen and oxygen atoms in total. The molecular formula is C25H36N2O. The van der Waals surface area contributed by atoms with Crippen LogP contribution in [0.15, 0.2) is 12.1 Å². The first-order valence-electron chi connectivity index (χ1n) is 11.5. The van der Waals surface area contributed by atoms with Crippen molar-refractivity contribution in [1.82, 2.24) is 9.47 Å². The normalized spacial score (nSPS) is 25.6. The molecule has 0 spiro atoms. The third kappa shape index (κ3) is 2.93. The number of aryl methyl sites for hydroxylation is 2. The minimum absolute atomic E-state index is 0.437. The number of aliphatic hydroxyl groups is 1. The highest BCUT2D eigenvalue weighted by atomic mass is 16.3. The molecule has 2 aromatic rings. The first-order valence-corrected chi connectivity index (χ1v) is 11.5. The van der Waals surface area contributed by atoms with Crippen molar-refractivity contribution in [2.45, 2.75) is 90.3 Å². The number of benzene rings is 1. The van der Waals surface area contributed by atoms with E-state index >= 15 is 0 Å². The maximum absolute atomic E-state index is 11.6. The Morgan fingerprint density at radius 1 is 1.04 bits per heavy atom. The molecule has 0 amide bonds. The van der Waals surface area contributed by atoms with Crippen LogP contribution in [0.3, 0.4) is 0 Å². The summed E-state index contributed by atoms with van der Waals surface area (Å²) in [6.45, 7) is 9.77. The van der Waals surface area contributed by atoms with Crippen molar-refractivity contribution in [2.24, 2.45) is 5.92 Å². The van der Waals surface area contributed by atoms with E-state index in [0.717, 1.165) is 13.0 Å². The summed E-state index contributed by atoms with van der Waals surface area (Å²) in [4.78, 5) is 2.70. The van der Waals surface area contributed by atoms with Gasteiger partial charge < -0.3 is 9.67 Å². The second kappa shape index (κ2) is 6.88. The van der Waals surface area contributed by atoms with E-state index in [-0.39, 0.29) is 0 Å². The second-order valence-electron chi connectivity index (χ2n) is 10.1. The van der Waals surface area contributed by atoms with Crippen LogP contribution in [0, 0.1) is 19.8 Å². The van der Waals surface area contributed by atoms with Gasteiger partial charge in [-0.25, -0.2) is 0 Å². The number of hydrogen-bond acceptors (Lipinski definition) is 2. The van der Waals surface area contributed by atoms with E-state index in [9.17, 15) is 5.11 Å². The van der Waals surface area contributed by atoms with Crippen molar-refractivity contribution in [1.29, 1.82) is 0 Å². The van der Waals surface area contributed by atoms with Gasteiger partial charge in [0.25, 0.3) is 0 Å². The largest absolute Gasteiger partial charge is 0.388 e. The highest BCUT2D eigenvalue weighted by Gasteiger charge is 2.39. The van der Waals surface area contributed by atoms with Crippen molar-refractivity contribution in [2.75, 3.05) is 13.1 Å². The van der Waals surface area contributed by atoms with Gasteiger partial charge in [0.05, 0.1) is 17.7 Å². The first-order chi connectivity index (χ1) is 13.5. The molecule has 0 bridgehead atoms. The lowest BCUT2D eigenvalue weighted by atomic mass is 9.77. The lowest BCUT2D eigenvalue weighted by Crippen LogP contribution is -2.41. The Morgan fingerprint density at radius 3 is 2.61 bits per heavy atom. The molecule has 152 valence electrons. The Kier molecular flexibility index (Phi) is 4.59. The Bertz CT molecular complexity index is 888. The fourth-order valence-corrected chi connectivity index (χ4v) is 6.62. The molecule has 1 saturated heterocycles. The van der Waals surface area contributed by atoms with Crippen LogP contribution in [0.5, 0.6) is 0 Å². The maximum atomic E-state index is 11.6. The van der Waals surface area contributed by atoms with Gasteiger partial charge in [0.2, 0.25) is 0 Å². The van der Waals surface area contributed by atoms with Crippen LogP contribution in [-0.4, -0.2) is 33.3 Å². The topological polar surface area (TPSA) is 28.4 Å². The Morgan fingerprint density at radius 2 is 1.82 bits per heavy atom. The lowest BCUT2D eigenvalue weighted by molar-refractivity contribution is -0.0303. The Balaban J connectivity index is 1.64. The van der Waals surface area contributed by atoms with E-state index in [1.807, 2.05) is 0 Å². The quantitative estimate of drug-likeness (QED) is 0.784. The lowest BCUT2D eigenvalue weighted by Gasteiger charge is -2.37. The number of hydrogen-bond donors (Lipinski definition) is 1. The minimum Gasteiger partial charge on any atom is -0.388 e. The zero-order valence-corrected chi connectivity index (χ0v) is 17.9. The van der Waals surface area contributed by atoms with Crippen molar-refractivity contribution in [3.8, 4) is 0 Å². The van der Waals surface area contributed by atoms with Crippen LogP contribution in [0.1, 0.15) is 80.3 Å². The van der Waals surface area contributed by atoms with Gasteiger partial charge in [-0.15, -0.1) is 0 Å². The van der Waals surface area contributed by atoms with Crippen LogP contribution in [0.25, 0.3) is 10.9 Å². The monoisotopic (exact) mass is 380 g/mol. The fraction of sp³-hybridized carbons (Fsp3) is 0.680. The molecule has 0 unspecified atom stereocenters. The predicted octanol–water partition coefficient (Wildman–Crippen LogP) is 5.28. The van der Waals surface area contributed by atoms with E-state index < -0.39 is 5.60 Å². The smallest absolute Gasteiger partial charge is 0.0825 e. The van der Waals surface area contributed by atoms with Crippen LogP contribution in [-0.2, 0) is 13.0 Å². The van der Waals surface area contributed by atoms with Crippen molar-refractivity contribution < 1.29 is 5.11 Å². The van der Waals surface area contributed by atoms with E-state index in [1.165, 1.54) is 85.8 Å². The first kappa shape index (κ1) is 18.7. The third-order valence-corrected chi connectivity index (χ3v) is 7.94. The maximum Gasteiger partial charge on any atom is 0.0825 e. The Hall–Kier alpha value is -1.32. The molecule has 1 aromatic carbocycles. The van der Waals surface area contributed by atoms with Crippen LogP contribution < -0.4 is 0 Å². The third-order valence-electron chi connectivity index (χ3n) is 7.94. The SMILES string of the molecule is Cc1cc(C)c2c(c1)c1c(n2C[C@@](C)(O)C2CCCCC2)CCN2CCC[C@H]12. The van der Waals surface area contributed by atoms with E-state index in [4.69, 9.17) is 0 Å². The van der Waals surface area contributed by atoms with Gasteiger partial charge in [0, 0.05) is 30.1 Å². The fourth-order valence-electron chi connectivity index (χ4n) is 6.62. The summed E-state index contributed by atoms with van der Waals surface area (Å²) in [7, 11) is 0. The predicted molar refractivity (Wildman–Crippen MR) is 116 cm³/mol. The standard InChI is InChI=1S/C25H36N2O/c1-17-14-18(2)24-20(15-17)23-21-10-7-12-26(21)13-11-22(23)27(24)16-25(3,28)19-8-5-4-6-9-19/h14-15,19,21,28H,4-13,16H2,1-3H3/t21-,25-/m1/s1. The molecule has 5 rings (SSSR count). The molecule has 0 radical (unpaired) electrons. The molecule has 2 atom stereocenters. The highest BCUT2D eigenvalue weighted by Crippen LogP contribution is 2.45. The van der Waals surface area contributed by atoms with Crippen LogP contribution in [0.2, 0.25) is 0 Å². The summed E-state index contributed by atoms with van der Waals surface area (Å²) in [5.74, 6) is 0.437. The summed E-state index contributed by atoms with van der Waals surface area (Å²) < 4.78 is 2.55. The second-order valence-corrected chi connectivity index (χ2v) is 10.1. The number of aromatic nitrogens is 1. The molecule has 28 heavy (non-hydrogen) atoms. The van der Waals surface area contributed by atoms with E-state index in [1.54, 1.807) is 5.56 Å². The highest BCUT2D eigenvalue weighted by molar-refractivity contribution is 5.89. The summed E-state index contributed by atoms with van der Waals surface area (Å²) in [5, 5.41) is 13.0. The Labute approximate surface area is 169 Å². The van der Waals surface area contributed by atoms with Crippen molar-refractivity contribution >= 4 is 10.9 Å². The zero-order valence-electron chi connectivity index (χ0n) is 17.9. The van der Waals surface area contributed by atoms with E-state index in [0.29, 0.717) is 12.0 Å². The summed E-state index contributed by atoms with van der Waals surface area (Å²) in [5.41, 5.74) is 6.60. The molecule has 2 aliphatic heterocycles. The van der Waals surface area contributed by atoms with Gasteiger partial charge in [-0.05, 0) is 76.1 Å². The zero-order chi connectivity index (χ0) is 19.5. The van der Waals surface area contributed by atoms with Gasteiger partial charge in [-0.1, -0.05) is 30.9 Å². The average Bonchev–Trinajstić information content (AvgIpc) is 3.25. The van der Waals surface area contributed by atoms with Crippen molar-refractivity contribution in [3.05, 3.63) is 34.5 Å². The van der Waals surface area contributed by atoms with Gasteiger partial charge >= 0.3 is 0 Å². The van der Waals surface area contributed by atoms with E-state index in [2.05, 4.69) is 42.4 Å².